The molecule has 23 heavy (non-hydrogen) atoms. The molecule has 0 aromatic heterocycles. The van der Waals surface area contributed by atoms with Gasteiger partial charge in [-0.05, 0) is 19.4 Å². The van der Waals surface area contributed by atoms with Crippen LogP contribution in [0.2, 0.25) is 0 Å². The quantitative estimate of drug-likeness (QED) is 0.624. The van der Waals surface area contributed by atoms with Crippen LogP contribution >= 0.6 is 0 Å². The summed E-state index contributed by atoms with van der Waals surface area (Å²) in [7, 11) is 1.55. The van der Waals surface area contributed by atoms with Gasteiger partial charge in [-0.15, -0.1) is 0 Å². The number of carbonyl (C=O) groups is 2. The molecule has 6 nitrogen and oxygen atoms in total. The van der Waals surface area contributed by atoms with Crippen LogP contribution in [0.4, 0.5) is 4.79 Å². The fourth-order valence-electron chi connectivity index (χ4n) is 2.49. The molecular formula is C17H22N2O4. The number of benzene rings is 1. The van der Waals surface area contributed by atoms with E-state index in [0.717, 1.165) is 12.8 Å². The molecule has 0 fully saturated rings. The lowest BCUT2D eigenvalue weighted by Gasteiger charge is -2.29. The zero-order chi connectivity index (χ0) is 16.8. The first-order chi connectivity index (χ1) is 11.1. The highest BCUT2D eigenvalue weighted by molar-refractivity contribution is 5.95. The van der Waals surface area contributed by atoms with Gasteiger partial charge < -0.3 is 20.1 Å². The number of para-hydroxylation sites is 1. The zero-order valence-corrected chi connectivity index (χ0v) is 13.6. The van der Waals surface area contributed by atoms with Crippen molar-refractivity contribution in [3.8, 4) is 5.75 Å². The minimum atomic E-state index is -0.603. The summed E-state index contributed by atoms with van der Waals surface area (Å²) in [6.07, 6.45) is 1.74. The van der Waals surface area contributed by atoms with Crippen molar-refractivity contribution in [1.82, 2.24) is 10.6 Å². The lowest BCUT2D eigenvalue weighted by Crippen LogP contribution is -2.45. The van der Waals surface area contributed by atoms with Gasteiger partial charge in [-0.2, -0.15) is 0 Å². The average molecular weight is 318 g/mol. The standard InChI is InChI=1S/C17H22N2O4/c1-4-5-10-23-16(20)14-11(2)18-17(21)19-15(14)12-8-6-7-9-13(12)22-3/h6-9,15H,4-5,10H2,1-3H3,(H2,18,19,21). The lowest BCUT2D eigenvalue weighted by molar-refractivity contribution is -0.139. The summed E-state index contributed by atoms with van der Waals surface area (Å²) >= 11 is 0. The highest BCUT2D eigenvalue weighted by atomic mass is 16.5. The Balaban J connectivity index is 2.36. The van der Waals surface area contributed by atoms with Gasteiger partial charge >= 0.3 is 12.0 Å². The predicted octanol–water partition coefficient (Wildman–Crippen LogP) is 2.67. The van der Waals surface area contributed by atoms with Crippen LogP contribution in [0.5, 0.6) is 5.75 Å². The Bertz CT molecular complexity index is 625. The van der Waals surface area contributed by atoms with E-state index in [9.17, 15) is 9.59 Å². The van der Waals surface area contributed by atoms with Crippen LogP contribution in [0.1, 0.15) is 38.3 Å². The number of urea groups is 1. The van der Waals surface area contributed by atoms with Crippen LogP contribution in [0.25, 0.3) is 0 Å². The Labute approximate surface area is 135 Å². The summed E-state index contributed by atoms with van der Waals surface area (Å²) in [5, 5.41) is 5.40. The molecule has 6 heteroatoms. The average Bonchev–Trinajstić information content (AvgIpc) is 2.54. The monoisotopic (exact) mass is 318 g/mol. The van der Waals surface area contributed by atoms with Gasteiger partial charge in [0.25, 0.3) is 0 Å². The number of rotatable bonds is 6. The number of carbonyl (C=O) groups excluding carboxylic acids is 2. The highest BCUT2D eigenvalue weighted by Gasteiger charge is 2.33. The van der Waals surface area contributed by atoms with Crippen molar-refractivity contribution in [3.05, 3.63) is 41.1 Å². The largest absolute Gasteiger partial charge is 0.496 e. The van der Waals surface area contributed by atoms with Gasteiger partial charge in [0.2, 0.25) is 0 Å². The Morgan fingerprint density at radius 1 is 1.30 bits per heavy atom. The van der Waals surface area contributed by atoms with Crippen molar-refractivity contribution >= 4 is 12.0 Å². The summed E-state index contributed by atoms with van der Waals surface area (Å²) in [4.78, 5) is 24.3. The van der Waals surface area contributed by atoms with Gasteiger partial charge in [0.1, 0.15) is 5.75 Å². The molecule has 0 saturated carbocycles. The number of unbranched alkanes of at least 4 members (excludes halogenated alkanes) is 1. The fourth-order valence-corrected chi connectivity index (χ4v) is 2.49. The Morgan fingerprint density at radius 3 is 2.74 bits per heavy atom. The van der Waals surface area contributed by atoms with E-state index in [1.807, 2.05) is 25.1 Å². The third-order valence-corrected chi connectivity index (χ3v) is 3.67. The number of hydrogen-bond acceptors (Lipinski definition) is 4. The van der Waals surface area contributed by atoms with Crippen molar-refractivity contribution in [2.24, 2.45) is 0 Å². The maximum absolute atomic E-state index is 12.5. The van der Waals surface area contributed by atoms with Crippen LogP contribution in [-0.4, -0.2) is 25.7 Å². The molecule has 1 unspecified atom stereocenters. The van der Waals surface area contributed by atoms with E-state index in [4.69, 9.17) is 9.47 Å². The van der Waals surface area contributed by atoms with E-state index in [2.05, 4.69) is 10.6 Å². The number of esters is 1. The summed E-state index contributed by atoms with van der Waals surface area (Å²) in [6.45, 7) is 4.08. The maximum atomic E-state index is 12.5. The summed E-state index contributed by atoms with van der Waals surface area (Å²) in [6, 6.07) is 6.32. The number of methoxy groups -OCH3 is 1. The Kier molecular flexibility index (Phi) is 5.62. The molecule has 2 rings (SSSR count). The molecule has 0 spiro atoms. The van der Waals surface area contributed by atoms with E-state index < -0.39 is 12.0 Å². The van der Waals surface area contributed by atoms with Crippen molar-refractivity contribution in [1.29, 1.82) is 0 Å². The highest BCUT2D eigenvalue weighted by Crippen LogP contribution is 2.33. The summed E-state index contributed by atoms with van der Waals surface area (Å²) in [5.74, 6) is 0.172. The molecule has 0 aliphatic carbocycles. The smallest absolute Gasteiger partial charge is 0.338 e. The predicted molar refractivity (Wildman–Crippen MR) is 86.0 cm³/mol. The third kappa shape index (κ3) is 3.83. The molecule has 1 aromatic carbocycles. The second-order valence-corrected chi connectivity index (χ2v) is 5.30. The number of hydrogen-bond donors (Lipinski definition) is 2. The van der Waals surface area contributed by atoms with E-state index in [1.54, 1.807) is 20.1 Å². The number of ether oxygens (including phenoxy) is 2. The van der Waals surface area contributed by atoms with Crippen molar-refractivity contribution in [2.75, 3.05) is 13.7 Å². The molecule has 1 heterocycles. The Hall–Kier alpha value is -2.50. The van der Waals surface area contributed by atoms with E-state index in [-0.39, 0.29) is 6.03 Å². The van der Waals surface area contributed by atoms with Crippen LogP contribution in [-0.2, 0) is 9.53 Å². The van der Waals surface area contributed by atoms with Gasteiger partial charge in [0.05, 0.1) is 25.3 Å². The van der Waals surface area contributed by atoms with Gasteiger partial charge in [-0.1, -0.05) is 31.5 Å². The van der Waals surface area contributed by atoms with E-state index >= 15 is 0 Å². The minimum Gasteiger partial charge on any atom is -0.496 e. The Morgan fingerprint density at radius 2 is 2.04 bits per heavy atom. The second-order valence-electron chi connectivity index (χ2n) is 5.30. The minimum absolute atomic E-state index is 0.358. The van der Waals surface area contributed by atoms with Crippen LogP contribution in [0.3, 0.4) is 0 Å². The molecule has 124 valence electrons. The first-order valence-electron chi connectivity index (χ1n) is 7.66. The molecular weight excluding hydrogens is 296 g/mol. The number of allylic oxidation sites excluding steroid dienone is 1. The number of nitrogens with one attached hydrogen (secondary N) is 2. The fraction of sp³-hybridized carbons (Fsp3) is 0.412. The van der Waals surface area contributed by atoms with Gasteiger partial charge in [0.15, 0.2) is 0 Å². The molecule has 0 saturated heterocycles. The summed E-state index contributed by atoms with van der Waals surface area (Å²) in [5.41, 5.74) is 1.60. The van der Waals surface area contributed by atoms with Crippen molar-refractivity contribution in [3.63, 3.8) is 0 Å². The first kappa shape index (κ1) is 16.9. The number of amides is 2. The van der Waals surface area contributed by atoms with Gasteiger partial charge in [0, 0.05) is 11.3 Å². The van der Waals surface area contributed by atoms with Crippen LogP contribution < -0.4 is 15.4 Å². The summed E-state index contributed by atoms with van der Waals surface area (Å²) < 4.78 is 10.7. The molecule has 2 N–H and O–H groups in total. The van der Waals surface area contributed by atoms with Crippen molar-refractivity contribution < 1.29 is 19.1 Å². The second kappa shape index (κ2) is 7.67. The van der Waals surface area contributed by atoms with E-state index in [0.29, 0.717) is 29.2 Å². The molecule has 0 radical (unpaired) electrons. The van der Waals surface area contributed by atoms with Gasteiger partial charge in [-0.25, -0.2) is 9.59 Å². The first-order valence-corrected chi connectivity index (χ1v) is 7.66. The molecule has 1 aromatic rings. The molecule has 1 atom stereocenters. The topological polar surface area (TPSA) is 76.7 Å². The SMILES string of the molecule is CCCCOC(=O)C1=C(C)NC(=O)NC1c1ccccc1OC. The van der Waals surface area contributed by atoms with Crippen LogP contribution in [0.15, 0.2) is 35.5 Å². The third-order valence-electron chi connectivity index (χ3n) is 3.67. The molecule has 2 amide bonds. The molecule has 1 aliphatic heterocycles. The van der Waals surface area contributed by atoms with Gasteiger partial charge in [-0.3, -0.25) is 0 Å². The normalized spacial score (nSPS) is 17.3. The lowest BCUT2D eigenvalue weighted by atomic mass is 9.95. The maximum Gasteiger partial charge on any atom is 0.338 e. The van der Waals surface area contributed by atoms with Crippen LogP contribution in [0, 0.1) is 0 Å². The zero-order valence-electron chi connectivity index (χ0n) is 13.6. The molecule has 0 bridgehead atoms. The van der Waals surface area contributed by atoms with E-state index in [1.165, 1.54) is 0 Å². The molecule has 1 aliphatic rings. The van der Waals surface area contributed by atoms with Crippen molar-refractivity contribution in [2.45, 2.75) is 32.7 Å².